The molecule has 0 N–H and O–H groups in total. The van der Waals surface area contributed by atoms with Gasteiger partial charge in [-0.25, -0.2) is 0 Å². The Kier molecular flexibility index (Phi) is 3.45. The van der Waals surface area contributed by atoms with Crippen molar-refractivity contribution in [2.45, 2.75) is 38.8 Å². The summed E-state index contributed by atoms with van der Waals surface area (Å²) < 4.78 is 6.08. The van der Waals surface area contributed by atoms with Crippen LogP contribution in [0.5, 0.6) is 0 Å². The SMILES string of the molecule is CC[SiH](CC)OCC1CC2C=CC1C2. The summed E-state index contributed by atoms with van der Waals surface area (Å²) in [7, 11) is -0.796. The summed E-state index contributed by atoms with van der Waals surface area (Å²) in [5, 5.41) is 0. The van der Waals surface area contributed by atoms with Gasteiger partial charge in [-0.15, -0.1) is 0 Å². The molecule has 1 saturated carbocycles. The monoisotopic (exact) mass is 210 g/mol. The van der Waals surface area contributed by atoms with Crippen molar-refractivity contribution in [3.63, 3.8) is 0 Å². The van der Waals surface area contributed by atoms with Crippen LogP contribution in [-0.2, 0) is 4.43 Å². The maximum absolute atomic E-state index is 6.08. The Bertz CT molecular complexity index is 210. The van der Waals surface area contributed by atoms with Crippen LogP contribution >= 0.6 is 0 Å². The average molecular weight is 210 g/mol. The fourth-order valence-electron chi connectivity index (χ4n) is 2.87. The molecule has 1 fully saturated rings. The maximum Gasteiger partial charge on any atom is 0.176 e. The van der Waals surface area contributed by atoms with Gasteiger partial charge < -0.3 is 4.43 Å². The number of fused-ring (bicyclic) bond motifs is 2. The molecule has 2 heteroatoms. The quantitative estimate of drug-likeness (QED) is 0.501. The highest BCUT2D eigenvalue weighted by Gasteiger charge is 2.35. The van der Waals surface area contributed by atoms with Gasteiger partial charge in [-0.05, 0) is 42.7 Å². The maximum atomic E-state index is 6.08. The van der Waals surface area contributed by atoms with Gasteiger partial charge in [0.15, 0.2) is 9.04 Å². The molecule has 2 bridgehead atoms. The number of allylic oxidation sites excluding steroid dienone is 2. The van der Waals surface area contributed by atoms with Crippen LogP contribution in [0.1, 0.15) is 26.7 Å². The second-order valence-electron chi connectivity index (χ2n) is 4.81. The molecule has 0 aromatic rings. The van der Waals surface area contributed by atoms with Crippen molar-refractivity contribution >= 4 is 9.04 Å². The van der Waals surface area contributed by atoms with Gasteiger partial charge >= 0.3 is 0 Å². The molecule has 2 rings (SSSR count). The first-order valence-electron chi connectivity index (χ1n) is 6.13. The van der Waals surface area contributed by atoms with Gasteiger partial charge in [-0.2, -0.15) is 0 Å². The van der Waals surface area contributed by atoms with E-state index in [2.05, 4.69) is 26.0 Å². The molecule has 14 heavy (non-hydrogen) atoms. The highest BCUT2D eigenvalue weighted by Crippen LogP contribution is 2.43. The molecular weight excluding hydrogens is 188 g/mol. The van der Waals surface area contributed by atoms with E-state index in [0.717, 1.165) is 24.4 Å². The molecule has 0 heterocycles. The van der Waals surface area contributed by atoms with E-state index in [1.165, 1.54) is 24.9 Å². The molecule has 0 spiro atoms. The van der Waals surface area contributed by atoms with Crippen LogP contribution in [0.3, 0.4) is 0 Å². The van der Waals surface area contributed by atoms with E-state index in [1.54, 1.807) is 0 Å². The molecular formula is C12H22OSi. The summed E-state index contributed by atoms with van der Waals surface area (Å²) in [6, 6.07) is 2.60. The molecule has 80 valence electrons. The Balaban J connectivity index is 1.74. The van der Waals surface area contributed by atoms with Crippen LogP contribution in [-0.4, -0.2) is 15.6 Å². The Morgan fingerprint density at radius 1 is 1.21 bits per heavy atom. The first kappa shape index (κ1) is 10.4. The Morgan fingerprint density at radius 3 is 2.50 bits per heavy atom. The summed E-state index contributed by atoms with van der Waals surface area (Å²) in [6.45, 7) is 5.62. The number of hydrogen-bond acceptors (Lipinski definition) is 1. The molecule has 2 aliphatic rings. The van der Waals surface area contributed by atoms with Gasteiger partial charge in [0, 0.05) is 6.61 Å². The summed E-state index contributed by atoms with van der Waals surface area (Å²) in [5.74, 6) is 2.62. The minimum Gasteiger partial charge on any atom is -0.420 e. The topological polar surface area (TPSA) is 9.23 Å². The first-order chi connectivity index (χ1) is 6.83. The van der Waals surface area contributed by atoms with Gasteiger partial charge in [-0.3, -0.25) is 0 Å². The Hall–Kier alpha value is -0.0831. The van der Waals surface area contributed by atoms with E-state index < -0.39 is 9.04 Å². The molecule has 2 aliphatic carbocycles. The lowest BCUT2D eigenvalue weighted by molar-refractivity contribution is 0.227. The highest BCUT2D eigenvalue weighted by atomic mass is 28.3. The normalized spacial score (nSPS) is 34.6. The third-order valence-electron chi connectivity index (χ3n) is 3.87. The van der Waals surface area contributed by atoms with Crippen LogP contribution in [0.25, 0.3) is 0 Å². The first-order valence-corrected chi connectivity index (χ1v) is 8.23. The Labute approximate surface area is 89.3 Å². The second-order valence-corrected chi connectivity index (χ2v) is 8.02. The van der Waals surface area contributed by atoms with Gasteiger partial charge in [0.05, 0.1) is 0 Å². The van der Waals surface area contributed by atoms with E-state index >= 15 is 0 Å². The third kappa shape index (κ3) is 2.11. The van der Waals surface area contributed by atoms with Crippen LogP contribution in [0, 0.1) is 17.8 Å². The lowest BCUT2D eigenvalue weighted by Gasteiger charge is -2.21. The van der Waals surface area contributed by atoms with Crippen LogP contribution < -0.4 is 0 Å². The standard InChI is InChI=1S/C12H22OSi/c1-3-14(4-2)13-9-12-8-10-5-6-11(12)7-10/h5-6,10-12,14H,3-4,7-9H2,1-2H3. The van der Waals surface area contributed by atoms with Crippen LogP contribution in [0.15, 0.2) is 12.2 Å². The highest BCUT2D eigenvalue weighted by molar-refractivity contribution is 6.51. The van der Waals surface area contributed by atoms with Gasteiger partial charge in [0.25, 0.3) is 0 Å². The van der Waals surface area contributed by atoms with Crippen molar-refractivity contribution < 1.29 is 4.43 Å². The van der Waals surface area contributed by atoms with Crippen molar-refractivity contribution in [3.05, 3.63) is 12.2 Å². The van der Waals surface area contributed by atoms with E-state index in [0.29, 0.717) is 0 Å². The van der Waals surface area contributed by atoms with E-state index in [-0.39, 0.29) is 0 Å². The molecule has 3 atom stereocenters. The lowest BCUT2D eigenvalue weighted by Crippen LogP contribution is -2.22. The zero-order valence-electron chi connectivity index (χ0n) is 9.41. The fourth-order valence-corrected chi connectivity index (χ4v) is 4.44. The zero-order chi connectivity index (χ0) is 9.97. The zero-order valence-corrected chi connectivity index (χ0v) is 10.6. The molecule has 0 aromatic carbocycles. The lowest BCUT2D eigenvalue weighted by atomic mass is 9.95. The molecule has 1 nitrogen and oxygen atoms in total. The number of hydrogen-bond donors (Lipinski definition) is 0. The van der Waals surface area contributed by atoms with Crippen molar-refractivity contribution in [1.29, 1.82) is 0 Å². The van der Waals surface area contributed by atoms with Crippen molar-refractivity contribution in [2.24, 2.45) is 17.8 Å². The molecule has 0 amide bonds. The summed E-state index contributed by atoms with van der Waals surface area (Å²) in [6.07, 6.45) is 7.65. The van der Waals surface area contributed by atoms with E-state index in [1.807, 2.05) is 0 Å². The molecule has 0 aliphatic heterocycles. The van der Waals surface area contributed by atoms with E-state index in [9.17, 15) is 0 Å². The third-order valence-corrected chi connectivity index (χ3v) is 6.36. The molecule has 3 unspecified atom stereocenters. The van der Waals surface area contributed by atoms with Crippen molar-refractivity contribution in [1.82, 2.24) is 0 Å². The predicted octanol–water partition coefficient (Wildman–Crippen LogP) is 2.98. The minimum atomic E-state index is -0.796. The number of rotatable bonds is 5. The fraction of sp³-hybridized carbons (Fsp3) is 0.833. The van der Waals surface area contributed by atoms with Crippen molar-refractivity contribution in [2.75, 3.05) is 6.61 Å². The molecule has 0 aromatic heterocycles. The average Bonchev–Trinajstić information content (AvgIpc) is 2.80. The van der Waals surface area contributed by atoms with Gasteiger partial charge in [-0.1, -0.05) is 26.0 Å². The Morgan fingerprint density at radius 2 is 2.00 bits per heavy atom. The minimum absolute atomic E-state index is 0.796. The van der Waals surface area contributed by atoms with E-state index in [4.69, 9.17) is 4.43 Å². The molecule has 0 radical (unpaired) electrons. The smallest absolute Gasteiger partial charge is 0.176 e. The predicted molar refractivity (Wildman–Crippen MR) is 62.9 cm³/mol. The van der Waals surface area contributed by atoms with Crippen molar-refractivity contribution in [3.8, 4) is 0 Å². The summed E-state index contributed by atoms with van der Waals surface area (Å²) in [4.78, 5) is 0. The van der Waals surface area contributed by atoms with Crippen LogP contribution in [0.4, 0.5) is 0 Å². The summed E-state index contributed by atoms with van der Waals surface area (Å²) >= 11 is 0. The van der Waals surface area contributed by atoms with Crippen LogP contribution in [0.2, 0.25) is 12.1 Å². The summed E-state index contributed by atoms with van der Waals surface area (Å²) in [5.41, 5.74) is 0. The second kappa shape index (κ2) is 4.62. The largest absolute Gasteiger partial charge is 0.420 e. The molecule has 0 saturated heterocycles. The van der Waals surface area contributed by atoms with Gasteiger partial charge in [0.1, 0.15) is 0 Å². The van der Waals surface area contributed by atoms with Gasteiger partial charge in [0.2, 0.25) is 0 Å².